The van der Waals surface area contributed by atoms with Gasteiger partial charge in [0.15, 0.2) is 5.78 Å². The molecule has 0 saturated heterocycles. The highest BCUT2D eigenvalue weighted by atomic mass is 19.1. The number of Topliss-reactive ketones (excluding diaryl/α,β-unsaturated/α-hetero) is 1. The fourth-order valence-electron chi connectivity index (χ4n) is 1.50. The summed E-state index contributed by atoms with van der Waals surface area (Å²) >= 11 is 0. The summed E-state index contributed by atoms with van der Waals surface area (Å²) in [5, 5.41) is 0. The normalized spacial score (nSPS) is 14.6. The van der Waals surface area contributed by atoms with Gasteiger partial charge in [-0.1, -0.05) is 20.3 Å². The number of hydrogen-bond donors (Lipinski definition) is 1. The number of benzene rings is 1. The lowest BCUT2D eigenvalue weighted by atomic mass is 9.92. The maximum absolute atomic E-state index is 13.0. The Balaban J connectivity index is 2.92. The quantitative estimate of drug-likeness (QED) is 0.797. The smallest absolute Gasteiger partial charge is 0.179 e. The summed E-state index contributed by atoms with van der Waals surface area (Å²) in [7, 11) is 0. The molecule has 2 N–H and O–H groups in total. The van der Waals surface area contributed by atoms with Crippen molar-refractivity contribution < 1.29 is 9.18 Å². The molecule has 2 unspecified atom stereocenters. The molecule has 1 aromatic rings. The molecule has 0 spiro atoms. The topological polar surface area (TPSA) is 43.1 Å². The van der Waals surface area contributed by atoms with Crippen LogP contribution in [0.2, 0.25) is 0 Å². The first-order chi connectivity index (χ1) is 7.47. The molecule has 0 aliphatic heterocycles. The molecule has 0 amide bonds. The highest BCUT2D eigenvalue weighted by molar-refractivity contribution is 6.00. The third kappa shape index (κ3) is 2.67. The molecule has 88 valence electrons. The first kappa shape index (κ1) is 12.8. The number of nitrogens with two attached hydrogens (primary N) is 1. The van der Waals surface area contributed by atoms with Gasteiger partial charge in [0.25, 0.3) is 0 Å². The fourth-order valence-corrected chi connectivity index (χ4v) is 1.50. The van der Waals surface area contributed by atoms with Gasteiger partial charge in [0, 0.05) is 5.56 Å². The number of halogens is 1. The van der Waals surface area contributed by atoms with Crippen molar-refractivity contribution in [3.05, 3.63) is 35.1 Å². The van der Waals surface area contributed by atoms with E-state index in [1.54, 1.807) is 13.0 Å². The van der Waals surface area contributed by atoms with Crippen LogP contribution < -0.4 is 5.73 Å². The van der Waals surface area contributed by atoms with Gasteiger partial charge in [-0.2, -0.15) is 0 Å². The van der Waals surface area contributed by atoms with E-state index in [0.717, 1.165) is 6.42 Å². The molecule has 0 aromatic heterocycles. The largest absolute Gasteiger partial charge is 0.321 e. The molecule has 0 aliphatic carbocycles. The Morgan fingerprint density at radius 1 is 1.50 bits per heavy atom. The van der Waals surface area contributed by atoms with E-state index in [0.29, 0.717) is 11.1 Å². The average molecular weight is 223 g/mol. The van der Waals surface area contributed by atoms with Gasteiger partial charge in [0.2, 0.25) is 0 Å². The molecular formula is C13H18FNO. The molecule has 0 heterocycles. The molecule has 0 radical (unpaired) electrons. The van der Waals surface area contributed by atoms with Crippen LogP contribution in [0.15, 0.2) is 18.2 Å². The van der Waals surface area contributed by atoms with Crippen LogP contribution in [0.4, 0.5) is 4.39 Å². The Labute approximate surface area is 95.7 Å². The highest BCUT2D eigenvalue weighted by Crippen LogP contribution is 2.14. The SMILES string of the molecule is CCC(C)C(N)C(=O)c1ccc(F)c(C)c1. The first-order valence-electron chi connectivity index (χ1n) is 5.53. The van der Waals surface area contributed by atoms with Crippen molar-refractivity contribution >= 4 is 5.78 Å². The second-order valence-corrected chi connectivity index (χ2v) is 4.24. The lowest BCUT2D eigenvalue weighted by Gasteiger charge is -2.17. The van der Waals surface area contributed by atoms with E-state index in [-0.39, 0.29) is 17.5 Å². The molecular weight excluding hydrogens is 205 g/mol. The van der Waals surface area contributed by atoms with Crippen molar-refractivity contribution in [2.45, 2.75) is 33.2 Å². The third-order valence-electron chi connectivity index (χ3n) is 3.00. The maximum Gasteiger partial charge on any atom is 0.179 e. The summed E-state index contributed by atoms with van der Waals surface area (Å²) in [5.41, 5.74) is 6.81. The van der Waals surface area contributed by atoms with Crippen LogP contribution >= 0.6 is 0 Å². The minimum Gasteiger partial charge on any atom is -0.321 e. The van der Waals surface area contributed by atoms with Gasteiger partial charge in [0.1, 0.15) is 5.82 Å². The molecule has 1 rings (SSSR count). The molecule has 0 fully saturated rings. The highest BCUT2D eigenvalue weighted by Gasteiger charge is 2.21. The number of carbonyl (C=O) groups is 1. The molecule has 0 bridgehead atoms. The zero-order valence-electron chi connectivity index (χ0n) is 9.96. The molecule has 3 heteroatoms. The Morgan fingerprint density at radius 2 is 2.12 bits per heavy atom. The summed E-state index contributed by atoms with van der Waals surface area (Å²) in [6.07, 6.45) is 0.854. The minimum absolute atomic E-state index is 0.113. The molecule has 2 nitrogen and oxygen atoms in total. The monoisotopic (exact) mass is 223 g/mol. The molecule has 2 atom stereocenters. The van der Waals surface area contributed by atoms with Crippen LogP contribution in [0.25, 0.3) is 0 Å². The fraction of sp³-hybridized carbons (Fsp3) is 0.462. The van der Waals surface area contributed by atoms with Crippen molar-refractivity contribution in [1.82, 2.24) is 0 Å². The van der Waals surface area contributed by atoms with E-state index in [9.17, 15) is 9.18 Å². The number of carbonyl (C=O) groups excluding carboxylic acids is 1. The van der Waals surface area contributed by atoms with Crippen LogP contribution in [0.5, 0.6) is 0 Å². The Bertz CT molecular complexity index is 390. The molecule has 1 aromatic carbocycles. The van der Waals surface area contributed by atoms with Crippen molar-refractivity contribution in [1.29, 1.82) is 0 Å². The lowest BCUT2D eigenvalue weighted by molar-refractivity contribution is 0.0935. The van der Waals surface area contributed by atoms with Crippen LogP contribution in [0, 0.1) is 18.7 Å². The van der Waals surface area contributed by atoms with E-state index in [1.165, 1.54) is 12.1 Å². The minimum atomic E-state index is -0.505. The van der Waals surface area contributed by atoms with Gasteiger partial charge in [-0.05, 0) is 36.6 Å². The van der Waals surface area contributed by atoms with Crippen LogP contribution in [-0.4, -0.2) is 11.8 Å². The summed E-state index contributed by atoms with van der Waals surface area (Å²) < 4.78 is 13.0. The number of ketones is 1. The van der Waals surface area contributed by atoms with Gasteiger partial charge in [-0.3, -0.25) is 4.79 Å². The zero-order chi connectivity index (χ0) is 12.3. The van der Waals surface area contributed by atoms with Crippen LogP contribution in [-0.2, 0) is 0 Å². The van der Waals surface area contributed by atoms with Crippen LogP contribution in [0.1, 0.15) is 36.2 Å². The third-order valence-corrected chi connectivity index (χ3v) is 3.00. The van der Waals surface area contributed by atoms with Gasteiger partial charge in [0.05, 0.1) is 6.04 Å². The van der Waals surface area contributed by atoms with Gasteiger partial charge in [-0.25, -0.2) is 4.39 Å². The van der Waals surface area contributed by atoms with Crippen LogP contribution in [0.3, 0.4) is 0 Å². The lowest BCUT2D eigenvalue weighted by Crippen LogP contribution is -2.36. The van der Waals surface area contributed by atoms with Crippen molar-refractivity contribution in [2.24, 2.45) is 11.7 Å². The summed E-state index contributed by atoms with van der Waals surface area (Å²) in [5.74, 6) is -0.274. The summed E-state index contributed by atoms with van der Waals surface area (Å²) in [4.78, 5) is 12.0. The summed E-state index contributed by atoms with van der Waals surface area (Å²) in [6, 6.07) is 3.86. The summed E-state index contributed by atoms with van der Waals surface area (Å²) in [6.45, 7) is 5.58. The number of hydrogen-bond acceptors (Lipinski definition) is 2. The van der Waals surface area contributed by atoms with E-state index in [4.69, 9.17) is 5.73 Å². The van der Waals surface area contributed by atoms with Gasteiger partial charge >= 0.3 is 0 Å². The van der Waals surface area contributed by atoms with E-state index in [2.05, 4.69) is 0 Å². The Hall–Kier alpha value is -1.22. The van der Waals surface area contributed by atoms with Crippen molar-refractivity contribution in [3.8, 4) is 0 Å². The molecule has 0 saturated carbocycles. The predicted octanol–water partition coefficient (Wildman–Crippen LogP) is 2.69. The second-order valence-electron chi connectivity index (χ2n) is 4.24. The van der Waals surface area contributed by atoms with E-state index < -0.39 is 6.04 Å². The number of aryl methyl sites for hydroxylation is 1. The first-order valence-corrected chi connectivity index (χ1v) is 5.53. The van der Waals surface area contributed by atoms with E-state index >= 15 is 0 Å². The average Bonchev–Trinajstić information content (AvgIpc) is 2.29. The zero-order valence-corrected chi connectivity index (χ0v) is 9.96. The Morgan fingerprint density at radius 3 is 2.62 bits per heavy atom. The second kappa shape index (κ2) is 5.21. The van der Waals surface area contributed by atoms with Gasteiger partial charge < -0.3 is 5.73 Å². The molecule has 0 aliphatic rings. The maximum atomic E-state index is 13.0. The number of rotatable bonds is 4. The van der Waals surface area contributed by atoms with Crippen molar-refractivity contribution in [3.63, 3.8) is 0 Å². The standard InChI is InChI=1S/C13H18FNO/c1-4-8(2)12(15)13(16)10-5-6-11(14)9(3)7-10/h5-8,12H,4,15H2,1-3H3. The van der Waals surface area contributed by atoms with Crippen molar-refractivity contribution in [2.75, 3.05) is 0 Å². The van der Waals surface area contributed by atoms with Gasteiger partial charge in [-0.15, -0.1) is 0 Å². The molecule has 16 heavy (non-hydrogen) atoms. The van der Waals surface area contributed by atoms with E-state index in [1.807, 2.05) is 13.8 Å². The Kier molecular flexibility index (Phi) is 4.19. The predicted molar refractivity (Wildman–Crippen MR) is 62.9 cm³/mol.